The number of thiazole rings is 1. The normalized spacial score (nSPS) is 13.7. The van der Waals surface area contributed by atoms with Gasteiger partial charge in [-0.25, -0.2) is 4.98 Å². The Morgan fingerprint density at radius 2 is 1.76 bits per heavy atom. The van der Waals surface area contributed by atoms with Gasteiger partial charge in [0.05, 0.1) is 16.5 Å². The molecule has 3 aromatic carbocycles. The molecule has 1 aliphatic carbocycles. The van der Waals surface area contributed by atoms with Crippen molar-refractivity contribution in [2.24, 2.45) is 0 Å². The number of benzene rings is 3. The van der Waals surface area contributed by atoms with Crippen LogP contribution in [-0.4, -0.2) is 34.4 Å². The summed E-state index contributed by atoms with van der Waals surface area (Å²) in [5, 5.41) is 29.7. The molecular formula is C31H29N5O4S. The molecule has 1 aliphatic rings. The fraction of sp³-hybridized carbons (Fsp3) is 0.258. The number of amides is 3. The number of aliphatic hydroxyl groups is 1. The minimum atomic E-state index is -1.04. The lowest BCUT2D eigenvalue weighted by Crippen LogP contribution is -2.40. The van der Waals surface area contributed by atoms with Crippen molar-refractivity contribution in [1.82, 2.24) is 20.9 Å². The average Bonchev–Trinajstić information content (AvgIpc) is 3.55. The Morgan fingerprint density at radius 1 is 1.05 bits per heavy atom. The molecule has 41 heavy (non-hydrogen) atoms. The first-order chi connectivity index (χ1) is 19.6. The van der Waals surface area contributed by atoms with E-state index in [0.29, 0.717) is 16.1 Å². The second-order valence-corrected chi connectivity index (χ2v) is 11.6. The highest BCUT2D eigenvalue weighted by Crippen LogP contribution is 2.49. The minimum absolute atomic E-state index is 0.0251. The second-order valence-electron chi connectivity index (χ2n) is 10.6. The summed E-state index contributed by atoms with van der Waals surface area (Å²) in [5.74, 6) is -2.07. The number of rotatable bonds is 8. The van der Waals surface area contributed by atoms with Crippen LogP contribution in [0.1, 0.15) is 53.2 Å². The summed E-state index contributed by atoms with van der Waals surface area (Å²) in [5.41, 5.74) is 1.33. The summed E-state index contributed by atoms with van der Waals surface area (Å²) >= 11 is 1.44. The van der Waals surface area contributed by atoms with Crippen molar-refractivity contribution < 1.29 is 19.5 Å². The van der Waals surface area contributed by atoms with Crippen LogP contribution >= 0.6 is 11.3 Å². The summed E-state index contributed by atoms with van der Waals surface area (Å²) in [6, 6.07) is 20.9. The van der Waals surface area contributed by atoms with Crippen molar-refractivity contribution in [3.8, 4) is 16.5 Å². The maximum Gasteiger partial charge on any atom is 0.310 e. The molecule has 208 valence electrons. The quantitative estimate of drug-likeness (QED) is 0.188. The molecule has 9 nitrogen and oxygen atoms in total. The summed E-state index contributed by atoms with van der Waals surface area (Å²) in [6.45, 7) is 3.13. The van der Waals surface area contributed by atoms with Gasteiger partial charge in [-0.2, -0.15) is 5.26 Å². The van der Waals surface area contributed by atoms with Gasteiger partial charge in [0.2, 0.25) is 0 Å². The van der Waals surface area contributed by atoms with Crippen LogP contribution in [-0.2, 0) is 27.3 Å². The monoisotopic (exact) mass is 567 g/mol. The number of aromatic nitrogens is 1. The van der Waals surface area contributed by atoms with Gasteiger partial charge in [-0.05, 0) is 72.4 Å². The number of carbonyl (C=O) groups excluding carboxylic acids is 3. The molecule has 0 unspecified atom stereocenters. The second kappa shape index (κ2) is 11.1. The molecule has 0 aliphatic heterocycles. The van der Waals surface area contributed by atoms with Gasteiger partial charge in [0.15, 0.2) is 0 Å². The molecule has 10 heteroatoms. The zero-order valence-corrected chi connectivity index (χ0v) is 23.5. The van der Waals surface area contributed by atoms with E-state index in [2.05, 4.69) is 39.1 Å². The number of fused-ring (bicyclic) bond motifs is 1. The summed E-state index contributed by atoms with van der Waals surface area (Å²) in [6.07, 6.45) is 3.30. The molecule has 1 aromatic heterocycles. The minimum Gasteiger partial charge on any atom is -0.383 e. The van der Waals surface area contributed by atoms with Crippen molar-refractivity contribution in [1.29, 1.82) is 5.26 Å². The van der Waals surface area contributed by atoms with Crippen LogP contribution in [0, 0.1) is 11.3 Å². The molecule has 0 spiro atoms. The highest BCUT2D eigenvalue weighted by Gasteiger charge is 2.47. The molecule has 1 fully saturated rings. The number of carbonyl (C=O) groups is 3. The Morgan fingerprint density at radius 3 is 2.46 bits per heavy atom. The van der Waals surface area contributed by atoms with Gasteiger partial charge in [-0.3, -0.25) is 14.4 Å². The van der Waals surface area contributed by atoms with E-state index in [1.54, 1.807) is 50.4 Å². The van der Waals surface area contributed by atoms with Gasteiger partial charge in [-0.1, -0.05) is 42.5 Å². The van der Waals surface area contributed by atoms with Crippen LogP contribution in [0.5, 0.6) is 0 Å². The Hall–Kier alpha value is -4.59. The van der Waals surface area contributed by atoms with Crippen LogP contribution in [0.2, 0.25) is 0 Å². The van der Waals surface area contributed by atoms with Crippen molar-refractivity contribution in [3.05, 3.63) is 88.6 Å². The van der Waals surface area contributed by atoms with Crippen molar-refractivity contribution in [2.75, 3.05) is 6.54 Å². The first kappa shape index (κ1) is 28.0. The Labute approximate surface area is 241 Å². The fourth-order valence-corrected chi connectivity index (χ4v) is 5.67. The van der Waals surface area contributed by atoms with Crippen LogP contribution in [0.4, 0.5) is 0 Å². The molecule has 5 rings (SSSR count). The highest BCUT2D eigenvalue weighted by molar-refractivity contribution is 7.15. The first-order valence-electron chi connectivity index (χ1n) is 13.2. The largest absolute Gasteiger partial charge is 0.383 e. The van der Waals surface area contributed by atoms with E-state index in [0.717, 1.165) is 39.6 Å². The SMILES string of the molecule is CC(C)(O)c1ncc(-c2cc(C3(NC(=O)c4ccccc4CNC(=O)C(=O)NCC#N)CC3)c3ccccc3c2)s1. The fourth-order valence-electron chi connectivity index (χ4n) is 4.76. The van der Waals surface area contributed by atoms with Crippen molar-refractivity contribution >= 4 is 39.8 Å². The lowest BCUT2D eigenvalue weighted by molar-refractivity contribution is -0.139. The molecule has 0 atom stereocenters. The van der Waals surface area contributed by atoms with Crippen molar-refractivity contribution in [3.63, 3.8) is 0 Å². The molecule has 4 aromatic rings. The molecule has 4 N–H and O–H groups in total. The van der Waals surface area contributed by atoms with Gasteiger partial charge >= 0.3 is 11.8 Å². The Kier molecular flexibility index (Phi) is 7.58. The highest BCUT2D eigenvalue weighted by atomic mass is 32.1. The van der Waals surface area contributed by atoms with Gasteiger partial charge in [0.1, 0.15) is 17.2 Å². The number of nitrogens with zero attached hydrogens (tertiary/aromatic N) is 2. The van der Waals surface area contributed by atoms with E-state index in [-0.39, 0.29) is 19.0 Å². The third kappa shape index (κ3) is 5.96. The van der Waals surface area contributed by atoms with Crippen LogP contribution in [0.25, 0.3) is 21.2 Å². The van der Waals surface area contributed by atoms with E-state index < -0.39 is 23.0 Å². The van der Waals surface area contributed by atoms with Gasteiger partial charge < -0.3 is 21.1 Å². The van der Waals surface area contributed by atoms with E-state index in [1.807, 2.05) is 18.2 Å². The predicted octanol–water partition coefficient (Wildman–Crippen LogP) is 3.87. The molecule has 0 bridgehead atoms. The van der Waals surface area contributed by atoms with Crippen LogP contribution in [0.3, 0.4) is 0 Å². The van der Waals surface area contributed by atoms with E-state index in [1.165, 1.54) is 11.3 Å². The number of hydrogen-bond donors (Lipinski definition) is 4. The van der Waals surface area contributed by atoms with E-state index in [9.17, 15) is 19.5 Å². The molecule has 0 saturated heterocycles. The standard InChI is InChI=1S/C31H29N5O4S/c1-30(2,40)29-35-18-25(41-29)21-15-19-7-3-5-9-22(19)24(16-21)31(11-12-31)36-26(37)23-10-6-4-8-20(23)17-34-28(39)27(38)33-14-13-32/h3-10,15-16,18,40H,11-12,14,17H2,1-2H3,(H,33,38)(H,34,39)(H,36,37). The lowest BCUT2D eigenvalue weighted by atomic mass is 9.93. The van der Waals surface area contributed by atoms with Crippen molar-refractivity contribution in [2.45, 2.75) is 44.4 Å². The maximum atomic E-state index is 13.6. The molecule has 1 heterocycles. The zero-order chi connectivity index (χ0) is 29.2. The average molecular weight is 568 g/mol. The topological polar surface area (TPSA) is 144 Å². The predicted molar refractivity (Wildman–Crippen MR) is 156 cm³/mol. The number of nitriles is 1. The smallest absolute Gasteiger partial charge is 0.310 e. The van der Waals surface area contributed by atoms with E-state index >= 15 is 0 Å². The third-order valence-electron chi connectivity index (χ3n) is 7.03. The van der Waals surface area contributed by atoms with E-state index in [4.69, 9.17) is 5.26 Å². The Balaban J connectivity index is 1.42. The first-order valence-corrected chi connectivity index (χ1v) is 14.0. The molecule has 0 radical (unpaired) electrons. The number of hydrogen-bond acceptors (Lipinski definition) is 7. The molecule has 1 saturated carbocycles. The van der Waals surface area contributed by atoms with Gasteiger partial charge in [0.25, 0.3) is 5.91 Å². The van der Waals surface area contributed by atoms with Crippen LogP contribution < -0.4 is 16.0 Å². The summed E-state index contributed by atoms with van der Waals surface area (Å²) < 4.78 is 0. The maximum absolute atomic E-state index is 13.6. The number of nitrogens with one attached hydrogen (secondary N) is 3. The van der Waals surface area contributed by atoms with Crippen LogP contribution in [0.15, 0.2) is 66.9 Å². The van der Waals surface area contributed by atoms with Gasteiger partial charge in [-0.15, -0.1) is 11.3 Å². The molecular weight excluding hydrogens is 538 g/mol. The summed E-state index contributed by atoms with van der Waals surface area (Å²) in [7, 11) is 0. The van der Waals surface area contributed by atoms with Gasteiger partial charge in [0, 0.05) is 18.3 Å². The Bertz CT molecular complexity index is 1690. The summed E-state index contributed by atoms with van der Waals surface area (Å²) in [4.78, 5) is 42.9. The lowest BCUT2D eigenvalue weighted by Gasteiger charge is -2.22. The molecule has 3 amide bonds. The third-order valence-corrected chi connectivity index (χ3v) is 8.39. The zero-order valence-electron chi connectivity index (χ0n) is 22.7.